The summed E-state index contributed by atoms with van der Waals surface area (Å²) >= 11 is 0. The van der Waals surface area contributed by atoms with E-state index in [1.54, 1.807) is 14.0 Å². The Morgan fingerprint density at radius 1 is 1.37 bits per heavy atom. The standard InChI is InChI=1S/C15H18O4/c1-4-18-15(16)8-7-13-10(2)12-6-5-11(17-3)9-14(12)19-13/h5-6,9H,4,7-8H2,1-3H3. The van der Waals surface area contributed by atoms with Crippen molar-refractivity contribution < 1.29 is 18.7 Å². The molecule has 4 heteroatoms. The van der Waals surface area contributed by atoms with Crippen LogP contribution in [0.15, 0.2) is 22.6 Å². The molecule has 0 spiro atoms. The van der Waals surface area contributed by atoms with Crippen LogP contribution in [0, 0.1) is 6.92 Å². The van der Waals surface area contributed by atoms with E-state index in [9.17, 15) is 4.79 Å². The lowest BCUT2D eigenvalue weighted by atomic mass is 10.1. The number of hydrogen-bond acceptors (Lipinski definition) is 4. The summed E-state index contributed by atoms with van der Waals surface area (Å²) in [7, 11) is 1.62. The van der Waals surface area contributed by atoms with Gasteiger partial charge in [0, 0.05) is 17.9 Å². The summed E-state index contributed by atoms with van der Waals surface area (Å²) in [4.78, 5) is 11.4. The first-order chi connectivity index (χ1) is 9.15. The number of carbonyl (C=O) groups excluding carboxylic acids is 1. The summed E-state index contributed by atoms with van der Waals surface area (Å²) < 4.78 is 15.9. The van der Waals surface area contributed by atoms with Gasteiger partial charge in [-0.1, -0.05) is 0 Å². The molecule has 0 aliphatic carbocycles. The van der Waals surface area contributed by atoms with Gasteiger partial charge in [-0.25, -0.2) is 0 Å². The molecule has 2 rings (SSSR count). The van der Waals surface area contributed by atoms with Gasteiger partial charge in [0.05, 0.1) is 20.1 Å². The van der Waals surface area contributed by atoms with Crippen LogP contribution >= 0.6 is 0 Å². The van der Waals surface area contributed by atoms with Crippen molar-refractivity contribution in [3.63, 3.8) is 0 Å². The fraction of sp³-hybridized carbons (Fsp3) is 0.400. The van der Waals surface area contributed by atoms with Crippen LogP contribution in [0.25, 0.3) is 11.0 Å². The molecule has 102 valence electrons. The van der Waals surface area contributed by atoms with Crippen molar-refractivity contribution in [3.8, 4) is 5.75 Å². The largest absolute Gasteiger partial charge is 0.497 e. The number of fused-ring (bicyclic) bond motifs is 1. The van der Waals surface area contributed by atoms with E-state index in [-0.39, 0.29) is 5.97 Å². The third-order valence-corrected chi connectivity index (χ3v) is 3.11. The predicted molar refractivity (Wildman–Crippen MR) is 72.5 cm³/mol. The van der Waals surface area contributed by atoms with Gasteiger partial charge in [-0.05, 0) is 31.5 Å². The molecule has 0 radical (unpaired) electrons. The van der Waals surface area contributed by atoms with E-state index < -0.39 is 0 Å². The molecule has 0 unspecified atom stereocenters. The minimum absolute atomic E-state index is 0.195. The fourth-order valence-electron chi connectivity index (χ4n) is 2.07. The van der Waals surface area contributed by atoms with Crippen molar-refractivity contribution in [2.45, 2.75) is 26.7 Å². The van der Waals surface area contributed by atoms with Gasteiger partial charge in [-0.3, -0.25) is 4.79 Å². The Labute approximate surface area is 112 Å². The van der Waals surface area contributed by atoms with Crippen LogP contribution in [-0.2, 0) is 16.0 Å². The van der Waals surface area contributed by atoms with Gasteiger partial charge in [0.25, 0.3) is 0 Å². The molecule has 0 aliphatic heterocycles. The lowest BCUT2D eigenvalue weighted by Gasteiger charge is -2.00. The molecule has 4 nitrogen and oxygen atoms in total. The molecule has 1 heterocycles. The molecule has 0 aliphatic rings. The van der Waals surface area contributed by atoms with Crippen LogP contribution in [0.3, 0.4) is 0 Å². The van der Waals surface area contributed by atoms with Gasteiger partial charge in [-0.15, -0.1) is 0 Å². The maximum Gasteiger partial charge on any atom is 0.306 e. The summed E-state index contributed by atoms with van der Waals surface area (Å²) in [6.07, 6.45) is 0.896. The van der Waals surface area contributed by atoms with Crippen LogP contribution < -0.4 is 4.74 Å². The highest BCUT2D eigenvalue weighted by atomic mass is 16.5. The normalized spacial score (nSPS) is 10.7. The third-order valence-electron chi connectivity index (χ3n) is 3.11. The average molecular weight is 262 g/mol. The van der Waals surface area contributed by atoms with Crippen molar-refractivity contribution in [2.24, 2.45) is 0 Å². The molecular weight excluding hydrogens is 244 g/mol. The lowest BCUT2D eigenvalue weighted by molar-refractivity contribution is -0.143. The van der Waals surface area contributed by atoms with Gasteiger partial charge in [0.1, 0.15) is 17.1 Å². The summed E-state index contributed by atoms with van der Waals surface area (Å²) in [6, 6.07) is 5.73. The molecule has 0 N–H and O–H groups in total. The number of aryl methyl sites for hydroxylation is 2. The average Bonchev–Trinajstić information content (AvgIpc) is 2.73. The summed E-state index contributed by atoms with van der Waals surface area (Å²) in [6.45, 7) is 4.21. The van der Waals surface area contributed by atoms with Crippen LogP contribution in [0.2, 0.25) is 0 Å². The van der Waals surface area contributed by atoms with E-state index in [0.717, 1.165) is 28.0 Å². The number of carbonyl (C=O) groups is 1. The SMILES string of the molecule is CCOC(=O)CCc1oc2cc(OC)ccc2c1C. The zero-order valence-corrected chi connectivity index (χ0v) is 11.5. The van der Waals surface area contributed by atoms with E-state index in [4.69, 9.17) is 13.9 Å². The lowest BCUT2D eigenvalue weighted by Crippen LogP contribution is -2.05. The quantitative estimate of drug-likeness (QED) is 0.776. The van der Waals surface area contributed by atoms with E-state index >= 15 is 0 Å². The van der Waals surface area contributed by atoms with E-state index in [1.165, 1.54) is 0 Å². The van der Waals surface area contributed by atoms with Crippen LogP contribution in [0.1, 0.15) is 24.7 Å². The Balaban J connectivity index is 2.19. The molecule has 1 aromatic carbocycles. The van der Waals surface area contributed by atoms with Crippen LogP contribution in [-0.4, -0.2) is 19.7 Å². The minimum Gasteiger partial charge on any atom is -0.497 e. The van der Waals surface area contributed by atoms with Gasteiger partial charge in [0.2, 0.25) is 0 Å². The van der Waals surface area contributed by atoms with E-state index in [2.05, 4.69) is 0 Å². The second-order valence-corrected chi connectivity index (χ2v) is 4.32. The molecule has 0 saturated carbocycles. The topological polar surface area (TPSA) is 48.7 Å². The van der Waals surface area contributed by atoms with Gasteiger partial charge >= 0.3 is 5.97 Å². The molecule has 0 amide bonds. The van der Waals surface area contributed by atoms with Crippen molar-refractivity contribution in [3.05, 3.63) is 29.5 Å². The zero-order valence-electron chi connectivity index (χ0n) is 11.5. The first-order valence-corrected chi connectivity index (χ1v) is 6.37. The van der Waals surface area contributed by atoms with E-state index in [0.29, 0.717) is 19.4 Å². The Hall–Kier alpha value is -1.97. The van der Waals surface area contributed by atoms with Crippen molar-refractivity contribution in [2.75, 3.05) is 13.7 Å². The highest BCUT2D eigenvalue weighted by molar-refractivity contribution is 5.83. The summed E-state index contributed by atoms with van der Waals surface area (Å²) in [5.41, 5.74) is 1.86. The summed E-state index contributed by atoms with van der Waals surface area (Å²) in [5.74, 6) is 1.40. The zero-order chi connectivity index (χ0) is 13.8. The second-order valence-electron chi connectivity index (χ2n) is 4.32. The monoisotopic (exact) mass is 262 g/mol. The number of esters is 1. The van der Waals surface area contributed by atoms with Crippen LogP contribution in [0.5, 0.6) is 5.75 Å². The minimum atomic E-state index is -0.195. The number of methoxy groups -OCH3 is 1. The Morgan fingerprint density at radius 2 is 2.16 bits per heavy atom. The third kappa shape index (κ3) is 2.89. The molecule has 0 saturated heterocycles. The number of hydrogen-bond donors (Lipinski definition) is 0. The fourth-order valence-corrected chi connectivity index (χ4v) is 2.07. The molecule has 1 aromatic heterocycles. The maximum absolute atomic E-state index is 11.4. The molecular formula is C15H18O4. The second kappa shape index (κ2) is 5.78. The number of ether oxygens (including phenoxy) is 2. The molecule has 0 bridgehead atoms. The van der Waals surface area contributed by atoms with Gasteiger partial charge in [-0.2, -0.15) is 0 Å². The molecule has 0 atom stereocenters. The van der Waals surface area contributed by atoms with Crippen LogP contribution in [0.4, 0.5) is 0 Å². The van der Waals surface area contributed by atoms with Crippen molar-refractivity contribution in [1.82, 2.24) is 0 Å². The van der Waals surface area contributed by atoms with Gasteiger partial charge in [0.15, 0.2) is 0 Å². The molecule has 2 aromatic rings. The number of rotatable bonds is 5. The van der Waals surface area contributed by atoms with Gasteiger partial charge < -0.3 is 13.9 Å². The molecule has 19 heavy (non-hydrogen) atoms. The number of benzene rings is 1. The first-order valence-electron chi connectivity index (χ1n) is 6.37. The number of furan rings is 1. The Morgan fingerprint density at radius 3 is 2.84 bits per heavy atom. The summed E-state index contributed by atoms with van der Waals surface area (Å²) in [5, 5.41) is 1.06. The highest BCUT2D eigenvalue weighted by Crippen LogP contribution is 2.29. The van der Waals surface area contributed by atoms with E-state index in [1.807, 2.05) is 25.1 Å². The molecule has 0 fully saturated rings. The Kier molecular flexibility index (Phi) is 4.10. The predicted octanol–water partition coefficient (Wildman–Crippen LogP) is 3.25. The smallest absolute Gasteiger partial charge is 0.306 e. The Bertz CT molecular complexity index is 583. The first kappa shape index (κ1) is 13.5. The highest BCUT2D eigenvalue weighted by Gasteiger charge is 2.13. The van der Waals surface area contributed by atoms with Crippen molar-refractivity contribution >= 4 is 16.9 Å². The maximum atomic E-state index is 11.4. The van der Waals surface area contributed by atoms with Crippen molar-refractivity contribution in [1.29, 1.82) is 0 Å².